The van der Waals surface area contributed by atoms with Crippen LogP contribution in [0.25, 0.3) is 20.8 Å². The number of hydrogen-bond acceptors (Lipinski definition) is 4. The minimum Gasteiger partial charge on any atom is -0.343 e. The average molecular weight is 422 g/mol. The molecule has 29 heavy (non-hydrogen) atoms. The van der Waals surface area contributed by atoms with Crippen molar-refractivity contribution in [3.63, 3.8) is 0 Å². The van der Waals surface area contributed by atoms with Crippen LogP contribution in [-0.2, 0) is 4.79 Å². The van der Waals surface area contributed by atoms with Crippen molar-refractivity contribution in [3.8, 4) is 10.6 Å². The van der Waals surface area contributed by atoms with E-state index in [1.54, 1.807) is 41.7 Å². The van der Waals surface area contributed by atoms with Crippen LogP contribution in [0.1, 0.15) is 10.4 Å². The summed E-state index contributed by atoms with van der Waals surface area (Å²) in [5.74, 6) is -0.721. The molecule has 1 heterocycles. The molecule has 3 aromatic carbocycles. The third kappa shape index (κ3) is 4.45. The summed E-state index contributed by atoms with van der Waals surface area (Å²) < 4.78 is 1.11. The number of para-hydroxylation sites is 1. The maximum Gasteiger partial charge on any atom is 0.253 e. The number of rotatable bonds is 5. The Morgan fingerprint density at radius 2 is 1.76 bits per heavy atom. The predicted molar refractivity (Wildman–Crippen MR) is 117 cm³/mol. The Balaban J connectivity index is 1.42. The maximum absolute atomic E-state index is 12.2. The van der Waals surface area contributed by atoms with Gasteiger partial charge in [0.1, 0.15) is 5.01 Å². The van der Waals surface area contributed by atoms with E-state index in [9.17, 15) is 9.59 Å². The number of nitrogens with zero attached hydrogens (tertiary/aromatic N) is 1. The zero-order chi connectivity index (χ0) is 20.2. The van der Waals surface area contributed by atoms with Crippen molar-refractivity contribution in [3.05, 3.63) is 83.4 Å². The summed E-state index contributed by atoms with van der Waals surface area (Å²) in [5.41, 5.74) is 2.84. The zero-order valence-electron chi connectivity index (χ0n) is 15.2. The molecule has 1 aromatic heterocycles. The number of carbonyl (C=O) groups is 2. The molecule has 0 spiro atoms. The topological polar surface area (TPSA) is 71.1 Å². The first-order chi connectivity index (χ1) is 14.1. The molecule has 5 nitrogen and oxygen atoms in total. The SMILES string of the molecule is O=C(CNC(=O)c1ccccc1Cl)Nc1cccc(-c2nc3ccccc3s2)c1. The highest BCUT2D eigenvalue weighted by atomic mass is 35.5. The van der Waals surface area contributed by atoms with Gasteiger partial charge in [0, 0.05) is 11.3 Å². The molecule has 144 valence electrons. The van der Waals surface area contributed by atoms with E-state index in [0.717, 1.165) is 20.8 Å². The molecular formula is C22H16ClN3O2S. The third-order valence-corrected chi connectivity index (χ3v) is 5.63. The Morgan fingerprint density at radius 3 is 2.59 bits per heavy atom. The van der Waals surface area contributed by atoms with Crippen LogP contribution >= 0.6 is 22.9 Å². The molecule has 2 amide bonds. The van der Waals surface area contributed by atoms with Gasteiger partial charge in [0.2, 0.25) is 5.91 Å². The van der Waals surface area contributed by atoms with E-state index in [-0.39, 0.29) is 12.5 Å². The number of nitrogens with one attached hydrogen (secondary N) is 2. The van der Waals surface area contributed by atoms with Crippen LogP contribution in [-0.4, -0.2) is 23.3 Å². The Labute approximate surface area is 176 Å². The molecule has 0 aliphatic carbocycles. The molecule has 0 aliphatic rings. The lowest BCUT2D eigenvalue weighted by Gasteiger charge is -2.08. The van der Waals surface area contributed by atoms with E-state index in [1.807, 2.05) is 42.5 Å². The van der Waals surface area contributed by atoms with Crippen LogP contribution in [0, 0.1) is 0 Å². The minimum atomic E-state index is -0.394. The quantitative estimate of drug-likeness (QED) is 0.477. The average Bonchev–Trinajstić information content (AvgIpc) is 3.17. The van der Waals surface area contributed by atoms with E-state index in [0.29, 0.717) is 16.3 Å². The van der Waals surface area contributed by atoms with Crippen LogP contribution in [0.2, 0.25) is 5.02 Å². The fraction of sp³-hybridized carbons (Fsp3) is 0.0455. The summed E-state index contributed by atoms with van der Waals surface area (Å²) in [7, 11) is 0. The highest BCUT2D eigenvalue weighted by Crippen LogP contribution is 2.31. The summed E-state index contributed by atoms with van der Waals surface area (Å²) in [5, 5.41) is 6.60. The van der Waals surface area contributed by atoms with Gasteiger partial charge >= 0.3 is 0 Å². The molecule has 0 saturated carbocycles. The molecule has 2 N–H and O–H groups in total. The van der Waals surface area contributed by atoms with Gasteiger partial charge in [-0.05, 0) is 36.4 Å². The molecule has 0 atom stereocenters. The second kappa shape index (κ2) is 8.43. The Morgan fingerprint density at radius 1 is 0.966 bits per heavy atom. The fourth-order valence-corrected chi connectivity index (χ4v) is 4.02. The molecule has 0 aliphatic heterocycles. The van der Waals surface area contributed by atoms with Crippen molar-refractivity contribution in [2.45, 2.75) is 0 Å². The van der Waals surface area contributed by atoms with Gasteiger partial charge in [0.15, 0.2) is 0 Å². The first-order valence-electron chi connectivity index (χ1n) is 8.89. The van der Waals surface area contributed by atoms with Gasteiger partial charge in [-0.2, -0.15) is 0 Å². The molecule has 7 heteroatoms. The highest BCUT2D eigenvalue weighted by molar-refractivity contribution is 7.21. The second-order valence-electron chi connectivity index (χ2n) is 6.28. The van der Waals surface area contributed by atoms with Crippen LogP contribution in [0.5, 0.6) is 0 Å². The van der Waals surface area contributed by atoms with Crippen molar-refractivity contribution in [2.75, 3.05) is 11.9 Å². The van der Waals surface area contributed by atoms with Gasteiger partial charge in [-0.1, -0.05) is 48.0 Å². The molecule has 0 bridgehead atoms. The van der Waals surface area contributed by atoms with Gasteiger partial charge < -0.3 is 10.6 Å². The molecule has 0 radical (unpaired) electrons. The first kappa shape index (κ1) is 19.1. The molecule has 0 unspecified atom stereocenters. The van der Waals surface area contributed by atoms with Gasteiger partial charge in [-0.25, -0.2) is 4.98 Å². The number of halogens is 1. The van der Waals surface area contributed by atoms with E-state index in [2.05, 4.69) is 15.6 Å². The van der Waals surface area contributed by atoms with Gasteiger partial charge in [-0.15, -0.1) is 11.3 Å². The normalized spacial score (nSPS) is 10.7. The smallest absolute Gasteiger partial charge is 0.253 e. The van der Waals surface area contributed by atoms with Crippen LogP contribution < -0.4 is 10.6 Å². The Kier molecular flexibility index (Phi) is 5.55. The number of fused-ring (bicyclic) bond motifs is 1. The lowest BCUT2D eigenvalue weighted by atomic mass is 10.2. The van der Waals surface area contributed by atoms with Crippen molar-refractivity contribution >= 4 is 50.7 Å². The number of anilines is 1. The van der Waals surface area contributed by atoms with Crippen molar-refractivity contribution < 1.29 is 9.59 Å². The van der Waals surface area contributed by atoms with E-state index in [4.69, 9.17) is 11.6 Å². The molecule has 0 saturated heterocycles. The van der Waals surface area contributed by atoms with Crippen molar-refractivity contribution in [2.24, 2.45) is 0 Å². The molecule has 4 aromatic rings. The molecular weight excluding hydrogens is 406 g/mol. The Bertz CT molecular complexity index is 1170. The molecule has 4 rings (SSSR count). The predicted octanol–water partition coefficient (Wildman–Crippen LogP) is 4.99. The Hall–Kier alpha value is -3.22. The second-order valence-corrected chi connectivity index (χ2v) is 7.72. The van der Waals surface area contributed by atoms with Gasteiger partial charge in [-0.3, -0.25) is 9.59 Å². The number of aromatic nitrogens is 1. The lowest BCUT2D eigenvalue weighted by molar-refractivity contribution is -0.115. The van der Waals surface area contributed by atoms with Crippen LogP contribution in [0.3, 0.4) is 0 Å². The van der Waals surface area contributed by atoms with Crippen molar-refractivity contribution in [1.29, 1.82) is 0 Å². The lowest BCUT2D eigenvalue weighted by Crippen LogP contribution is -2.33. The van der Waals surface area contributed by atoms with E-state index < -0.39 is 5.91 Å². The maximum atomic E-state index is 12.2. The zero-order valence-corrected chi connectivity index (χ0v) is 16.8. The number of carbonyl (C=O) groups excluding carboxylic acids is 2. The summed E-state index contributed by atoms with van der Waals surface area (Å²) in [4.78, 5) is 29.1. The summed E-state index contributed by atoms with van der Waals surface area (Å²) >= 11 is 7.60. The number of hydrogen-bond donors (Lipinski definition) is 2. The van der Waals surface area contributed by atoms with Gasteiger partial charge in [0.25, 0.3) is 5.91 Å². The van der Waals surface area contributed by atoms with E-state index in [1.165, 1.54) is 0 Å². The fourth-order valence-electron chi connectivity index (χ4n) is 2.83. The monoisotopic (exact) mass is 421 g/mol. The summed E-state index contributed by atoms with van der Waals surface area (Å²) in [6.07, 6.45) is 0. The number of amides is 2. The minimum absolute atomic E-state index is 0.157. The standard InChI is InChI=1S/C22H16ClN3O2S/c23-17-9-2-1-8-16(17)21(28)24-13-20(27)25-15-7-5-6-14(12-15)22-26-18-10-3-4-11-19(18)29-22/h1-12H,13H2,(H,24,28)(H,25,27). The first-order valence-corrected chi connectivity index (χ1v) is 10.1. The van der Waals surface area contributed by atoms with Crippen LogP contribution in [0.4, 0.5) is 5.69 Å². The summed E-state index contributed by atoms with van der Waals surface area (Å²) in [6, 6.07) is 22.1. The molecule has 0 fully saturated rings. The summed E-state index contributed by atoms with van der Waals surface area (Å²) in [6.45, 7) is -0.157. The van der Waals surface area contributed by atoms with Crippen LogP contribution in [0.15, 0.2) is 72.8 Å². The largest absolute Gasteiger partial charge is 0.343 e. The number of thiazole rings is 1. The highest BCUT2D eigenvalue weighted by Gasteiger charge is 2.12. The number of benzene rings is 3. The van der Waals surface area contributed by atoms with Crippen molar-refractivity contribution in [1.82, 2.24) is 10.3 Å². The van der Waals surface area contributed by atoms with Gasteiger partial charge in [0.05, 0.1) is 27.3 Å². The third-order valence-electron chi connectivity index (χ3n) is 4.22. The van der Waals surface area contributed by atoms with E-state index >= 15 is 0 Å².